The predicted octanol–water partition coefficient (Wildman–Crippen LogP) is 5.01. The molecule has 0 amide bonds. The second-order valence-corrected chi connectivity index (χ2v) is 5.13. The number of carbonyl (C=O) groups is 1. The molecule has 2 rings (SSSR count). The zero-order chi connectivity index (χ0) is 15.7. The van der Waals surface area contributed by atoms with Crippen molar-refractivity contribution in [3.05, 3.63) is 56.8 Å². The van der Waals surface area contributed by atoms with Crippen LogP contribution in [0.2, 0.25) is 5.02 Å². The van der Waals surface area contributed by atoms with Crippen molar-refractivity contribution in [1.29, 1.82) is 0 Å². The Morgan fingerprint density at radius 2 is 1.67 bits per heavy atom. The molecule has 0 saturated heterocycles. The number of hydrogen-bond donors (Lipinski definition) is 1. The molecule has 2 aromatic rings. The Kier molecular flexibility index (Phi) is 4.43. The standard InChI is InChI=1S/C13H5BrClF3O3/c14-6-3-7(15)8(16)4-11(6)21-12-9(17)1-5(13(19)20)2-10(12)18/h1-4H,(H,19,20). The third kappa shape index (κ3) is 3.30. The first-order valence-corrected chi connectivity index (χ1v) is 6.51. The highest BCUT2D eigenvalue weighted by molar-refractivity contribution is 9.10. The average molecular weight is 382 g/mol. The van der Waals surface area contributed by atoms with Crippen LogP contribution < -0.4 is 4.74 Å². The van der Waals surface area contributed by atoms with Crippen LogP contribution in [-0.4, -0.2) is 11.1 Å². The highest BCUT2D eigenvalue weighted by atomic mass is 79.9. The number of rotatable bonds is 3. The lowest BCUT2D eigenvalue weighted by atomic mass is 10.2. The molecule has 0 unspecified atom stereocenters. The Hall–Kier alpha value is -1.73. The van der Waals surface area contributed by atoms with E-state index >= 15 is 0 Å². The Balaban J connectivity index is 2.45. The minimum Gasteiger partial charge on any atom is -0.478 e. The smallest absolute Gasteiger partial charge is 0.335 e. The minimum atomic E-state index is -1.49. The lowest BCUT2D eigenvalue weighted by molar-refractivity contribution is 0.0695. The summed E-state index contributed by atoms with van der Waals surface area (Å²) in [6.45, 7) is 0. The lowest BCUT2D eigenvalue weighted by Crippen LogP contribution is -2.01. The van der Waals surface area contributed by atoms with Gasteiger partial charge in [0.2, 0.25) is 0 Å². The van der Waals surface area contributed by atoms with Crippen LogP contribution in [0.4, 0.5) is 13.2 Å². The number of benzene rings is 2. The normalized spacial score (nSPS) is 10.5. The van der Waals surface area contributed by atoms with E-state index < -0.39 is 34.7 Å². The summed E-state index contributed by atoms with van der Waals surface area (Å²) in [4.78, 5) is 10.7. The van der Waals surface area contributed by atoms with Crippen molar-refractivity contribution in [2.75, 3.05) is 0 Å². The van der Waals surface area contributed by atoms with Crippen molar-refractivity contribution in [2.24, 2.45) is 0 Å². The Morgan fingerprint density at radius 3 is 2.19 bits per heavy atom. The highest BCUT2D eigenvalue weighted by Gasteiger charge is 2.18. The first-order valence-electron chi connectivity index (χ1n) is 5.34. The van der Waals surface area contributed by atoms with Gasteiger partial charge in [-0.3, -0.25) is 0 Å². The van der Waals surface area contributed by atoms with Gasteiger partial charge in [-0.05, 0) is 34.1 Å². The van der Waals surface area contributed by atoms with Crippen LogP contribution in [0.5, 0.6) is 11.5 Å². The SMILES string of the molecule is O=C(O)c1cc(F)c(Oc2cc(F)c(Cl)cc2Br)c(F)c1. The maximum atomic E-state index is 13.7. The van der Waals surface area contributed by atoms with Gasteiger partial charge < -0.3 is 9.84 Å². The van der Waals surface area contributed by atoms with Crippen LogP contribution in [0.15, 0.2) is 28.7 Å². The molecular formula is C13H5BrClF3O3. The number of halogens is 5. The molecule has 0 aliphatic heterocycles. The predicted molar refractivity (Wildman–Crippen MR) is 72.5 cm³/mol. The van der Waals surface area contributed by atoms with Gasteiger partial charge in [-0.2, -0.15) is 0 Å². The third-order valence-corrected chi connectivity index (χ3v) is 3.34. The molecular weight excluding hydrogens is 376 g/mol. The summed E-state index contributed by atoms with van der Waals surface area (Å²) in [5.41, 5.74) is -0.571. The molecule has 1 N–H and O–H groups in total. The summed E-state index contributed by atoms with van der Waals surface area (Å²) in [5.74, 6) is -5.83. The molecule has 0 fully saturated rings. The van der Waals surface area contributed by atoms with E-state index in [0.29, 0.717) is 12.1 Å². The van der Waals surface area contributed by atoms with Gasteiger partial charge in [0.1, 0.15) is 11.6 Å². The van der Waals surface area contributed by atoms with Gasteiger partial charge in [0, 0.05) is 6.07 Å². The molecule has 3 nitrogen and oxygen atoms in total. The quantitative estimate of drug-likeness (QED) is 0.760. The summed E-state index contributed by atoms with van der Waals surface area (Å²) in [5, 5.41) is 8.48. The van der Waals surface area contributed by atoms with E-state index in [0.717, 1.165) is 12.1 Å². The summed E-state index contributed by atoms with van der Waals surface area (Å²) >= 11 is 8.54. The van der Waals surface area contributed by atoms with Gasteiger partial charge >= 0.3 is 5.97 Å². The fourth-order valence-electron chi connectivity index (χ4n) is 1.47. The minimum absolute atomic E-state index is 0.176. The molecule has 0 bridgehead atoms. The molecule has 0 radical (unpaired) electrons. The van der Waals surface area contributed by atoms with E-state index in [1.807, 2.05) is 0 Å². The van der Waals surface area contributed by atoms with E-state index in [9.17, 15) is 18.0 Å². The van der Waals surface area contributed by atoms with Crippen molar-refractivity contribution in [3.8, 4) is 11.5 Å². The number of aromatic carboxylic acids is 1. The first kappa shape index (κ1) is 15.7. The van der Waals surface area contributed by atoms with Crippen LogP contribution in [0.3, 0.4) is 0 Å². The molecule has 8 heteroatoms. The van der Waals surface area contributed by atoms with Gasteiger partial charge in [-0.25, -0.2) is 18.0 Å². The largest absolute Gasteiger partial charge is 0.478 e. The summed E-state index contributed by atoms with van der Waals surface area (Å²) in [6.07, 6.45) is 0. The Labute approximate surface area is 130 Å². The van der Waals surface area contributed by atoms with Gasteiger partial charge in [0.05, 0.1) is 15.1 Å². The van der Waals surface area contributed by atoms with Crippen LogP contribution in [0.25, 0.3) is 0 Å². The van der Waals surface area contributed by atoms with Crippen LogP contribution in [-0.2, 0) is 0 Å². The van der Waals surface area contributed by atoms with Crippen molar-refractivity contribution in [2.45, 2.75) is 0 Å². The van der Waals surface area contributed by atoms with Crippen LogP contribution in [0, 0.1) is 17.5 Å². The topological polar surface area (TPSA) is 46.5 Å². The molecule has 0 saturated carbocycles. The van der Waals surface area contributed by atoms with Crippen molar-refractivity contribution < 1.29 is 27.8 Å². The molecule has 0 atom stereocenters. The summed E-state index contributed by atoms with van der Waals surface area (Å²) in [7, 11) is 0. The van der Waals surface area contributed by atoms with E-state index in [4.69, 9.17) is 21.4 Å². The van der Waals surface area contributed by atoms with Gasteiger partial charge in [0.25, 0.3) is 0 Å². The molecule has 0 aliphatic carbocycles. The van der Waals surface area contributed by atoms with E-state index in [2.05, 4.69) is 15.9 Å². The maximum Gasteiger partial charge on any atom is 0.335 e. The summed E-state index contributed by atoms with van der Waals surface area (Å²) < 4.78 is 45.9. The number of carboxylic acid groups (broad SMARTS) is 1. The highest BCUT2D eigenvalue weighted by Crippen LogP contribution is 2.36. The van der Waals surface area contributed by atoms with Crippen LogP contribution in [0.1, 0.15) is 10.4 Å². The van der Waals surface area contributed by atoms with Gasteiger partial charge in [0.15, 0.2) is 17.4 Å². The lowest BCUT2D eigenvalue weighted by Gasteiger charge is -2.11. The number of hydrogen-bond acceptors (Lipinski definition) is 2. The molecule has 110 valence electrons. The zero-order valence-corrected chi connectivity index (χ0v) is 12.3. The third-order valence-electron chi connectivity index (χ3n) is 2.43. The first-order chi connectivity index (χ1) is 9.79. The summed E-state index contributed by atoms with van der Waals surface area (Å²) in [6, 6.07) is 3.20. The zero-order valence-electron chi connectivity index (χ0n) is 9.96. The van der Waals surface area contributed by atoms with E-state index in [1.54, 1.807) is 0 Å². The maximum absolute atomic E-state index is 13.7. The second-order valence-electron chi connectivity index (χ2n) is 3.87. The van der Waals surface area contributed by atoms with Crippen molar-refractivity contribution in [1.82, 2.24) is 0 Å². The van der Waals surface area contributed by atoms with Crippen LogP contribution >= 0.6 is 27.5 Å². The Morgan fingerprint density at radius 1 is 1.10 bits per heavy atom. The average Bonchev–Trinajstić information content (AvgIpc) is 2.39. The van der Waals surface area contributed by atoms with Crippen molar-refractivity contribution >= 4 is 33.5 Å². The van der Waals surface area contributed by atoms with E-state index in [-0.39, 0.29) is 15.2 Å². The molecule has 21 heavy (non-hydrogen) atoms. The fourth-order valence-corrected chi connectivity index (χ4v) is 2.19. The van der Waals surface area contributed by atoms with E-state index in [1.165, 1.54) is 0 Å². The molecule has 2 aromatic carbocycles. The Bertz CT molecular complexity index is 714. The number of carboxylic acids is 1. The molecule has 0 heterocycles. The monoisotopic (exact) mass is 380 g/mol. The second kappa shape index (κ2) is 5.95. The van der Waals surface area contributed by atoms with Gasteiger partial charge in [-0.1, -0.05) is 11.6 Å². The fraction of sp³-hybridized carbons (Fsp3) is 0. The molecule has 0 aromatic heterocycles. The van der Waals surface area contributed by atoms with Gasteiger partial charge in [-0.15, -0.1) is 0 Å². The number of ether oxygens (including phenoxy) is 1. The molecule has 0 spiro atoms. The van der Waals surface area contributed by atoms with Crippen molar-refractivity contribution in [3.63, 3.8) is 0 Å². The molecule has 0 aliphatic rings.